The summed E-state index contributed by atoms with van der Waals surface area (Å²) in [6, 6.07) is 7.92. The third kappa shape index (κ3) is 3.50. The third-order valence-electron chi connectivity index (χ3n) is 4.51. The minimum atomic E-state index is -0.110. The second kappa shape index (κ2) is 7.33. The van der Waals surface area contributed by atoms with Gasteiger partial charge in [0, 0.05) is 18.7 Å². The molecule has 0 radical (unpaired) electrons. The molecule has 0 spiro atoms. The second-order valence-electron chi connectivity index (χ2n) is 6.01. The summed E-state index contributed by atoms with van der Waals surface area (Å²) in [6.07, 6.45) is 5.07. The molecule has 1 aromatic carbocycles. The van der Waals surface area contributed by atoms with Crippen LogP contribution in [0.1, 0.15) is 37.4 Å². The molecule has 1 N–H and O–H groups in total. The fraction of sp³-hybridized carbons (Fsp3) is 0.471. The molecule has 2 heterocycles. The standard InChI is InChI=1S/C17H23N5O2/c1-13(15-5-3-4-6-16(15)24-2)20-17(23)21-9-7-14(8-10-21)22-12-18-11-19-22/h3-6,11-14H,7-10H2,1-2H3,(H,20,23)/t13-/m1/s1. The normalized spacial score (nSPS) is 16.7. The van der Waals surface area contributed by atoms with E-state index < -0.39 is 0 Å². The lowest BCUT2D eigenvalue weighted by molar-refractivity contribution is 0.166. The molecule has 1 fully saturated rings. The summed E-state index contributed by atoms with van der Waals surface area (Å²) in [5.41, 5.74) is 0.978. The third-order valence-corrected chi connectivity index (χ3v) is 4.51. The first-order valence-electron chi connectivity index (χ1n) is 8.21. The van der Waals surface area contributed by atoms with E-state index in [4.69, 9.17) is 4.74 Å². The average Bonchev–Trinajstić information content (AvgIpc) is 3.16. The molecule has 1 aliphatic rings. The molecule has 0 unspecified atom stereocenters. The first kappa shape index (κ1) is 16.3. The number of nitrogens with zero attached hydrogens (tertiary/aromatic N) is 4. The van der Waals surface area contributed by atoms with Gasteiger partial charge in [-0.25, -0.2) is 14.5 Å². The van der Waals surface area contributed by atoms with Crippen LogP contribution in [-0.4, -0.2) is 45.9 Å². The SMILES string of the molecule is COc1ccccc1[C@@H](C)NC(=O)N1CCC(n2cncn2)CC1. The summed E-state index contributed by atoms with van der Waals surface area (Å²) in [7, 11) is 1.64. The van der Waals surface area contributed by atoms with Crippen molar-refractivity contribution in [3.05, 3.63) is 42.5 Å². The molecule has 1 aromatic heterocycles. The molecule has 0 aliphatic carbocycles. The van der Waals surface area contributed by atoms with Gasteiger partial charge in [0.2, 0.25) is 0 Å². The number of hydrogen-bond acceptors (Lipinski definition) is 4. The number of carbonyl (C=O) groups excluding carboxylic acids is 1. The van der Waals surface area contributed by atoms with Crippen LogP contribution in [0.3, 0.4) is 0 Å². The van der Waals surface area contributed by atoms with Gasteiger partial charge in [0.15, 0.2) is 0 Å². The average molecular weight is 329 g/mol. The van der Waals surface area contributed by atoms with Crippen molar-refractivity contribution in [3.63, 3.8) is 0 Å². The zero-order valence-electron chi connectivity index (χ0n) is 14.1. The number of ether oxygens (including phenoxy) is 1. The Morgan fingerprint density at radius 1 is 1.33 bits per heavy atom. The minimum Gasteiger partial charge on any atom is -0.496 e. The van der Waals surface area contributed by atoms with Crippen LogP contribution < -0.4 is 10.1 Å². The zero-order chi connectivity index (χ0) is 16.9. The van der Waals surface area contributed by atoms with Crippen molar-refractivity contribution < 1.29 is 9.53 Å². The van der Waals surface area contributed by atoms with Crippen LogP contribution in [0.4, 0.5) is 4.79 Å². The first-order valence-corrected chi connectivity index (χ1v) is 8.21. The Kier molecular flexibility index (Phi) is 4.98. The number of likely N-dealkylation sites (tertiary alicyclic amines) is 1. The van der Waals surface area contributed by atoms with Crippen LogP contribution in [-0.2, 0) is 0 Å². The van der Waals surface area contributed by atoms with Gasteiger partial charge in [-0.2, -0.15) is 5.10 Å². The first-order chi connectivity index (χ1) is 11.7. The van der Waals surface area contributed by atoms with Crippen molar-refractivity contribution in [2.24, 2.45) is 0 Å². The number of para-hydroxylation sites is 1. The fourth-order valence-corrected chi connectivity index (χ4v) is 3.12. The molecule has 1 saturated heterocycles. The largest absolute Gasteiger partial charge is 0.496 e. The number of methoxy groups -OCH3 is 1. The van der Waals surface area contributed by atoms with Crippen molar-refractivity contribution in [2.45, 2.75) is 31.8 Å². The molecule has 0 saturated carbocycles. The van der Waals surface area contributed by atoms with Crippen molar-refractivity contribution in [3.8, 4) is 5.75 Å². The monoisotopic (exact) mass is 329 g/mol. The Balaban J connectivity index is 1.56. The van der Waals surface area contributed by atoms with E-state index in [1.807, 2.05) is 40.8 Å². The van der Waals surface area contributed by atoms with Crippen molar-refractivity contribution in [1.29, 1.82) is 0 Å². The van der Waals surface area contributed by atoms with Gasteiger partial charge in [-0.15, -0.1) is 0 Å². The van der Waals surface area contributed by atoms with E-state index in [9.17, 15) is 4.79 Å². The van der Waals surface area contributed by atoms with Crippen LogP contribution >= 0.6 is 0 Å². The Hall–Kier alpha value is -2.57. The number of amides is 2. The number of urea groups is 1. The number of aromatic nitrogens is 3. The maximum Gasteiger partial charge on any atom is 0.317 e. The van der Waals surface area contributed by atoms with Crippen molar-refractivity contribution in [2.75, 3.05) is 20.2 Å². The molecule has 0 bridgehead atoms. The Labute approximate surface area is 141 Å². The topological polar surface area (TPSA) is 72.3 Å². The Morgan fingerprint density at radius 3 is 2.75 bits per heavy atom. The van der Waals surface area contributed by atoms with Gasteiger partial charge in [0.25, 0.3) is 0 Å². The minimum absolute atomic E-state index is 0.0366. The predicted molar refractivity (Wildman–Crippen MR) is 89.8 cm³/mol. The van der Waals surface area contributed by atoms with Crippen LogP contribution in [0.5, 0.6) is 5.75 Å². The van der Waals surface area contributed by atoms with E-state index in [-0.39, 0.29) is 12.1 Å². The van der Waals surface area contributed by atoms with E-state index in [1.54, 1.807) is 19.8 Å². The highest BCUT2D eigenvalue weighted by molar-refractivity contribution is 5.75. The molecule has 1 atom stereocenters. The molecule has 1 aliphatic heterocycles. The van der Waals surface area contributed by atoms with E-state index in [0.29, 0.717) is 6.04 Å². The summed E-state index contributed by atoms with van der Waals surface area (Å²) in [5.74, 6) is 0.787. The van der Waals surface area contributed by atoms with Gasteiger partial charge in [0.05, 0.1) is 19.2 Å². The van der Waals surface area contributed by atoms with Gasteiger partial charge in [-0.3, -0.25) is 0 Å². The Morgan fingerprint density at radius 2 is 2.08 bits per heavy atom. The summed E-state index contributed by atoms with van der Waals surface area (Å²) >= 11 is 0. The van der Waals surface area contributed by atoms with Crippen molar-refractivity contribution in [1.82, 2.24) is 25.0 Å². The lowest BCUT2D eigenvalue weighted by atomic mass is 10.1. The van der Waals surface area contributed by atoms with Gasteiger partial charge in [0.1, 0.15) is 18.4 Å². The van der Waals surface area contributed by atoms with E-state index >= 15 is 0 Å². The van der Waals surface area contributed by atoms with Crippen LogP contribution in [0.15, 0.2) is 36.9 Å². The molecule has 128 valence electrons. The van der Waals surface area contributed by atoms with Gasteiger partial charge >= 0.3 is 6.03 Å². The van der Waals surface area contributed by atoms with E-state index in [2.05, 4.69) is 15.4 Å². The smallest absolute Gasteiger partial charge is 0.317 e. The van der Waals surface area contributed by atoms with Gasteiger partial charge in [-0.1, -0.05) is 18.2 Å². The predicted octanol–water partition coefficient (Wildman–Crippen LogP) is 2.39. The fourth-order valence-electron chi connectivity index (χ4n) is 3.12. The van der Waals surface area contributed by atoms with Gasteiger partial charge in [-0.05, 0) is 25.8 Å². The summed E-state index contributed by atoms with van der Waals surface area (Å²) < 4.78 is 7.25. The summed E-state index contributed by atoms with van der Waals surface area (Å²) in [6.45, 7) is 3.40. The molecule has 2 amide bonds. The molecule has 3 rings (SSSR count). The highest BCUT2D eigenvalue weighted by Gasteiger charge is 2.25. The maximum absolute atomic E-state index is 12.5. The van der Waals surface area contributed by atoms with Gasteiger partial charge < -0.3 is 15.0 Å². The maximum atomic E-state index is 12.5. The van der Waals surface area contributed by atoms with Crippen LogP contribution in [0.2, 0.25) is 0 Å². The van der Waals surface area contributed by atoms with Crippen LogP contribution in [0.25, 0.3) is 0 Å². The molecule has 24 heavy (non-hydrogen) atoms. The molecule has 7 nitrogen and oxygen atoms in total. The second-order valence-corrected chi connectivity index (χ2v) is 6.01. The van der Waals surface area contributed by atoms with E-state index in [1.165, 1.54) is 0 Å². The quantitative estimate of drug-likeness (QED) is 0.935. The van der Waals surface area contributed by atoms with Crippen LogP contribution in [0, 0.1) is 0 Å². The zero-order valence-corrected chi connectivity index (χ0v) is 14.1. The number of piperidine rings is 1. The number of carbonyl (C=O) groups is 1. The molecular formula is C17H23N5O2. The number of benzene rings is 1. The molecule has 7 heteroatoms. The molecule has 2 aromatic rings. The number of nitrogens with one attached hydrogen (secondary N) is 1. The van der Waals surface area contributed by atoms with Crippen molar-refractivity contribution >= 4 is 6.03 Å². The number of hydrogen-bond donors (Lipinski definition) is 1. The molecular weight excluding hydrogens is 306 g/mol. The Bertz CT molecular complexity index is 665. The number of rotatable bonds is 4. The van der Waals surface area contributed by atoms with E-state index in [0.717, 1.165) is 37.2 Å². The highest BCUT2D eigenvalue weighted by atomic mass is 16.5. The summed E-state index contributed by atoms with van der Waals surface area (Å²) in [5, 5.41) is 7.25. The lowest BCUT2D eigenvalue weighted by Gasteiger charge is -2.32. The highest BCUT2D eigenvalue weighted by Crippen LogP contribution is 2.25. The summed E-state index contributed by atoms with van der Waals surface area (Å²) in [4.78, 5) is 18.4. The lowest BCUT2D eigenvalue weighted by Crippen LogP contribution is -2.45.